The molecule has 1 aromatic rings. The van der Waals surface area contributed by atoms with Gasteiger partial charge in [0, 0.05) is 10.0 Å². The summed E-state index contributed by atoms with van der Waals surface area (Å²) in [5.74, 6) is 1.30. The highest BCUT2D eigenvalue weighted by molar-refractivity contribution is 9.10. The summed E-state index contributed by atoms with van der Waals surface area (Å²) in [5, 5.41) is 8.80. The Kier molecular flexibility index (Phi) is 4.63. The van der Waals surface area contributed by atoms with Gasteiger partial charge in [0.15, 0.2) is 11.5 Å². The first kappa shape index (κ1) is 12.9. The van der Waals surface area contributed by atoms with Crippen LogP contribution in [0.1, 0.15) is 19.4 Å². The van der Waals surface area contributed by atoms with Gasteiger partial charge in [-0.05, 0) is 26.0 Å². The molecule has 3 nitrogen and oxygen atoms in total. The van der Waals surface area contributed by atoms with Crippen LogP contribution < -0.4 is 9.47 Å². The summed E-state index contributed by atoms with van der Waals surface area (Å²) in [6, 6.07) is 5.81. The second-order valence-electron chi connectivity index (χ2n) is 3.56. The number of methoxy groups -OCH3 is 1. The summed E-state index contributed by atoms with van der Waals surface area (Å²) in [4.78, 5) is 0. The number of benzene rings is 1. The minimum Gasteiger partial charge on any atom is -0.493 e. The van der Waals surface area contributed by atoms with Gasteiger partial charge in [0.05, 0.1) is 25.7 Å². The molecule has 86 valence electrons. The fourth-order valence-corrected chi connectivity index (χ4v) is 1.80. The molecule has 0 aromatic heterocycles. The van der Waals surface area contributed by atoms with Crippen molar-refractivity contribution in [2.24, 2.45) is 0 Å². The minimum atomic E-state index is 0.0423. The van der Waals surface area contributed by atoms with Crippen molar-refractivity contribution < 1.29 is 9.47 Å². The van der Waals surface area contributed by atoms with Crippen molar-refractivity contribution in [1.82, 2.24) is 0 Å². The van der Waals surface area contributed by atoms with E-state index in [1.54, 1.807) is 7.11 Å². The summed E-state index contributed by atoms with van der Waals surface area (Å²) in [6.45, 7) is 3.88. The van der Waals surface area contributed by atoms with Gasteiger partial charge >= 0.3 is 0 Å². The van der Waals surface area contributed by atoms with Crippen molar-refractivity contribution in [3.63, 3.8) is 0 Å². The van der Waals surface area contributed by atoms with E-state index < -0.39 is 0 Å². The fourth-order valence-electron chi connectivity index (χ4n) is 1.35. The van der Waals surface area contributed by atoms with E-state index in [2.05, 4.69) is 22.0 Å². The lowest BCUT2D eigenvalue weighted by Crippen LogP contribution is -2.09. The van der Waals surface area contributed by atoms with Crippen LogP contribution in [0.15, 0.2) is 16.6 Å². The van der Waals surface area contributed by atoms with Gasteiger partial charge < -0.3 is 9.47 Å². The number of ether oxygens (including phenoxy) is 2. The number of hydrogen-bond acceptors (Lipinski definition) is 3. The fraction of sp³-hybridized carbons (Fsp3) is 0.417. The summed E-state index contributed by atoms with van der Waals surface area (Å²) >= 11 is 3.41. The van der Waals surface area contributed by atoms with Gasteiger partial charge in [0.1, 0.15) is 0 Å². The highest BCUT2D eigenvalue weighted by atomic mass is 79.9. The summed E-state index contributed by atoms with van der Waals surface area (Å²) in [6.07, 6.45) is 0.334. The van der Waals surface area contributed by atoms with Gasteiger partial charge in [-0.2, -0.15) is 5.26 Å². The Balaban J connectivity index is 3.25. The lowest BCUT2D eigenvalue weighted by atomic mass is 10.1. The standard InChI is InChI=1S/C12H14BrNO2/c1-8(2)16-12-9(6-7-14)10(13)4-5-11(12)15-3/h4-5,8H,6H2,1-3H3. The average molecular weight is 284 g/mol. The molecule has 0 heterocycles. The monoisotopic (exact) mass is 283 g/mol. The first-order valence-electron chi connectivity index (χ1n) is 4.99. The predicted molar refractivity (Wildman–Crippen MR) is 65.8 cm³/mol. The minimum absolute atomic E-state index is 0.0423. The third kappa shape index (κ3) is 2.89. The van der Waals surface area contributed by atoms with Gasteiger partial charge in [-0.1, -0.05) is 15.9 Å². The van der Waals surface area contributed by atoms with E-state index in [9.17, 15) is 0 Å². The Bertz CT molecular complexity index is 410. The van der Waals surface area contributed by atoms with Gasteiger partial charge in [-0.25, -0.2) is 0 Å². The van der Waals surface area contributed by atoms with Crippen molar-refractivity contribution in [3.05, 3.63) is 22.2 Å². The molecule has 0 bridgehead atoms. The maximum atomic E-state index is 8.80. The quantitative estimate of drug-likeness (QED) is 0.851. The maximum absolute atomic E-state index is 8.80. The molecule has 0 aliphatic heterocycles. The molecule has 0 spiro atoms. The number of nitrogens with zero attached hydrogens (tertiary/aromatic N) is 1. The molecular formula is C12H14BrNO2. The van der Waals surface area contributed by atoms with E-state index in [-0.39, 0.29) is 6.10 Å². The van der Waals surface area contributed by atoms with Crippen LogP contribution in [0.4, 0.5) is 0 Å². The molecule has 0 N–H and O–H groups in total. The number of rotatable bonds is 4. The van der Waals surface area contributed by atoms with Crippen LogP contribution in [0, 0.1) is 11.3 Å². The topological polar surface area (TPSA) is 42.2 Å². The van der Waals surface area contributed by atoms with Crippen LogP contribution in [0.3, 0.4) is 0 Å². The largest absolute Gasteiger partial charge is 0.493 e. The molecule has 0 aliphatic rings. The predicted octanol–water partition coefficient (Wildman–Crippen LogP) is 3.31. The average Bonchev–Trinajstić information content (AvgIpc) is 2.23. The van der Waals surface area contributed by atoms with Gasteiger partial charge in [0.2, 0.25) is 0 Å². The van der Waals surface area contributed by atoms with E-state index in [0.29, 0.717) is 17.9 Å². The second kappa shape index (κ2) is 5.76. The lowest BCUT2D eigenvalue weighted by Gasteiger charge is -2.17. The molecule has 1 aromatic carbocycles. The van der Waals surface area contributed by atoms with Crippen LogP contribution >= 0.6 is 15.9 Å². The smallest absolute Gasteiger partial charge is 0.166 e. The van der Waals surface area contributed by atoms with Gasteiger partial charge in [-0.15, -0.1) is 0 Å². The Morgan fingerprint density at radius 2 is 2.12 bits per heavy atom. The van der Waals surface area contributed by atoms with Crippen LogP contribution in [-0.4, -0.2) is 13.2 Å². The van der Waals surface area contributed by atoms with Crippen molar-refractivity contribution in [2.75, 3.05) is 7.11 Å². The molecule has 0 saturated carbocycles. The number of nitriles is 1. The van der Waals surface area contributed by atoms with Crippen molar-refractivity contribution in [1.29, 1.82) is 5.26 Å². The molecule has 4 heteroatoms. The van der Waals surface area contributed by atoms with Crippen molar-refractivity contribution >= 4 is 15.9 Å². The Hall–Kier alpha value is -1.21. The molecule has 0 fully saturated rings. The Morgan fingerprint density at radius 3 is 2.62 bits per heavy atom. The zero-order chi connectivity index (χ0) is 12.1. The zero-order valence-corrected chi connectivity index (χ0v) is 11.2. The normalized spacial score (nSPS) is 10.0. The van der Waals surface area contributed by atoms with Crippen LogP contribution in [0.2, 0.25) is 0 Å². The number of hydrogen-bond donors (Lipinski definition) is 0. The number of halogens is 1. The zero-order valence-electron chi connectivity index (χ0n) is 9.58. The van der Waals surface area contributed by atoms with Crippen LogP contribution in [-0.2, 0) is 6.42 Å². The molecular weight excluding hydrogens is 270 g/mol. The molecule has 0 radical (unpaired) electrons. The molecule has 1 rings (SSSR count). The maximum Gasteiger partial charge on any atom is 0.166 e. The van der Waals surface area contributed by atoms with E-state index in [1.807, 2.05) is 26.0 Å². The lowest BCUT2D eigenvalue weighted by molar-refractivity contribution is 0.228. The third-order valence-corrected chi connectivity index (χ3v) is 2.74. The Labute approximate surface area is 104 Å². The molecule has 0 aliphatic carbocycles. The summed E-state index contributed by atoms with van der Waals surface area (Å²) in [7, 11) is 1.59. The first-order chi connectivity index (χ1) is 7.60. The second-order valence-corrected chi connectivity index (χ2v) is 4.41. The van der Waals surface area contributed by atoms with E-state index in [4.69, 9.17) is 14.7 Å². The van der Waals surface area contributed by atoms with E-state index in [0.717, 1.165) is 10.0 Å². The van der Waals surface area contributed by atoms with E-state index in [1.165, 1.54) is 0 Å². The third-order valence-electron chi connectivity index (χ3n) is 2.00. The Morgan fingerprint density at radius 1 is 1.44 bits per heavy atom. The highest BCUT2D eigenvalue weighted by Crippen LogP contribution is 2.37. The SMILES string of the molecule is COc1ccc(Br)c(CC#N)c1OC(C)C. The molecule has 0 unspecified atom stereocenters. The molecule has 0 saturated heterocycles. The van der Waals surface area contributed by atoms with Crippen LogP contribution in [0.25, 0.3) is 0 Å². The van der Waals surface area contributed by atoms with Crippen LogP contribution in [0.5, 0.6) is 11.5 Å². The highest BCUT2D eigenvalue weighted by Gasteiger charge is 2.15. The molecule has 0 atom stereocenters. The first-order valence-corrected chi connectivity index (χ1v) is 5.78. The van der Waals surface area contributed by atoms with Crippen molar-refractivity contribution in [3.8, 4) is 17.6 Å². The van der Waals surface area contributed by atoms with Gasteiger partial charge in [-0.3, -0.25) is 0 Å². The summed E-state index contributed by atoms with van der Waals surface area (Å²) < 4.78 is 11.8. The molecule has 16 heavy (non-hydrogen) atoms. The van der Waals surface area contributed by atoms with E-state index >= 15 is 0 Å². The van der Waals surface area contributed by atoms with Crippen molar-refractivity contribution in [2.45, 2.75) is 26.4 Å². The molecule has 0 amide bonds. The summed E-state index contributed by atoms with van der Waals surface area (Å²) in [5.41, 5.74) is 0.829. The van der Waals surface area contributed by atoms with Gasteiger partial charge in [0.25, 0.3) is 0 Å².